The van der Waals surface area contributed by atoms with Gasteiger partial charge in [-0.15, -0.1) is 11.3 Å². The van der Waals surface area contributed by atoms with Crippen molar-refractivity contribution in [2.45, 2.75) is 6.18 Å². The van der Waals surface area contributed by atoms with Crippen molar-refractivity contribution in [1.29, 1.82) is 0 Å². The Kier molecular flexibility index (Phi) is 4.07. The van der Waals surface area contributed by atoms with Gasteiger partial charge >= 0.3 is 6.18 Å². The van der Waals surface area contributed by atoms with E-state index in [1.54, 1.807) is 0 Å². The van der Waals surface area contributed by atoms with Crippen LogP contribution in [0.25, 0.3) is 16.4 Å². The van der Waals surface area contributed by atoms with Crippen LogP contribution in [0.1, 0.15) is 5.69 Å². The lowest BCUT2D eigenvalue weighted by molar-refractivity contribution is -0.140. The smallest absolute Gasteiger partial charge is 0.383 e. The Balaban J connectivity index is 2.27. The summed E-state index contributed by atoms with van der Waals surface area (Å²) in [6.07, 6.45) is -1.92. The number of alkyl halides is 3. The van der Waals surface area contributed by atoms with E-state index in [0.717, 1.165) is 16.0 Å². The van der Waals surface area contributed by atoms with E-state index in [-0.39, 0.29) is 22.2 Å². The first-order chi connectivity index (χ1) is 10.8. The maximum absolute atomic E-state index is 13.3. The molecular formula is C12H6BrClF3N5S. The summed E-state index contributed by atoms with van der Waals surface area (Å²) in [6, 6.07) is 3.00. The van der Waals surface area contributed by atoms with Crippen LogP contribution in [-0.2, 0) is 6.18 Å². The zero-order valence-electron chi connectivity index (χ0n) is 11.0. The lowest BCUT2D eigenvalue weighted by Crippen LogP contribution is -2.09. The Hall–Kier alpha value is -1.65. The summed E-state index contributed by atoms with van der Waals surface area (Å²) in [6.45, 7) is 0. The molecule has 0 unspecified atom stereocenters. The summed E-state index contributed by atoms with van der Waals surface area (Å²) < 4.78 is 41.7. The van der Waals surface area contributed by atoms with Gasteiger partial charge in [-0.25, -0.2) is 9.97 Å². The number of hydrogen-bond donors (Lipinski definition) is 1. The second-order valence-electron chi connectivity index (χ2n) is 4.30. The first-order valence-electron chi connectivity index (χ1n) is 5.97. The predicted molar refractivity (Wildman–Crippen MR) is 84.6 cm³/mol. The summed E-state index contributed by atoms with van der Waals surface area (Å²) >= 11 is 10.1. The molecule has 2 N–H and O–H groups in total. The zero-order valence-corrected chi connectivity index (χ0v) is 14.1. The van der Waals surface area contributed by atoms with Crippen molar-refractivity contribution in [1.82, 2.24) is 19.7 Å². The van der Waals surface area contributed by atoms with Crippen molar-refractivity contribution in [2.24, 2.45) is 0 Å². The Morgan fingerprint density at radius 2 is 1.91 bits per heavy atom. The molecule has 0 aliphatic carbocycles. The Bertz CT molecular complexity index is 842. The number of hydrogen-bond acceptors (Lipinski definition) is 5. The maximum atomic E-state index is 13.3. The minimum atomic E-state index is -4.69. The number of halogens is 5. The molecule has 23 heavy (non-hydrogen) atoms. The Labute approximate surface area is 145 Å². The molecule has 3 heterocycles. The minimum absolute atomic E-state index is 0.0523. The van der Waals surface area contributed by atoms with E-state index in [9.17, 15) is 13.2 Å². The molecule has 0 bridgehead atoms. The topological polar surface area (TPSA) is 69.6 Å². The number of rotatable bonds is 2. The van der Waals surface area contributed by atoms with Crippen molar-refractivity contribution in [3.05, 3.63) is 39.0 Å². The molecule has 3 aromatic heterocycles. The van der Waals surface area contributed by atoms with Gasteiger partial charge in [0.25, 0.3) is 5.95 Å². The molecule has 0 aromatic carbocycles. The van der Waals surface area contributed by atoms with Gasteiger partial charge in [-0.1, -0.05) is 11.6 Å². The molecule has 0 amide bonds. The summed E-state index contributed by atoms with van der Waals surface area (Å²) in [7, 11) is 0. The van der Waals surface area contributed by atoms with Crippen molar-refractivity contribution in [3.63, 3.8) is 0 Å². The third-order valence-corrected chi connectivity index (χ3v) is 5.31. The van der Waals surface area contributed by atoms with Gasteiger partial charge in [0.15, 0.2) is 5.69 Å². The van der Waals surface area contributed by atoms with Gasteiger partial charge in [-0.3, -0.25) is 0 Å². The highest BCUT2D eigenvalue weighted by Crippen LogP contribution is 2.45. The quantitative estimate of drug-likeness (QED) is 0.662. The van der Waals surface area contributed by atoms with E-state index in [1.807, 2.05) is 0 Å². The molecule has 0 fully saturated rings. The van der Waals surface area contributed by atoms with Crippen LogP contribution in [0.5, 0.6) is 0 Å². The van der Waals surface area contributed by atoms with Gasteiger partial charge in [0.2, 0.25) is 0 Å². The molecule has 3 aromatic rings. The van der Waals surface area contributed by atoms with E-state index >= 15 is 0 Å². The van der Waals surface area contributed by atoms with Crippen LogP contribution in [0.2, 0.25) is 4.34 Å². The Morgan fingerprint density at radius 1 is 1.26 bits per heavy atom. The molecule has 0 atom stereocenters. The summed E-state index contributed by atoms with van der Waals surface area (Å²) in [5.74, 6) is -0.266. The van der Waals surface area contributed by atoms with Crippen LogP contribution in [0.15, 0.2) is 29.0 Å². The van der Waals surface area contributed by atoms with Crippen LogP contribution in [0.3, 0.4) is 0 Å². The second kappa shape index (κ2) is 5.77. The molecule has 0 aliphatic rings. The molecule has 11 heteroatoms. The standard InChI is InChI=1S/C12H6BrClF3N5S/c13-5-4-6(23-9(5)14)7-8(12(15,16)17)21-22(10(7)18)11-19-2-1-3-20-11/h1-4H,18H2. The van der Waals surface area contributed by atoms with E-state index in [2.05, 4.69) is 31.0 Å². The molecule has 0 saturated heterocycles. The number of nitrogens with two attached hydrogens (primary N) is 1. The number of aromatic nitrogens is 4. The van der Waals surface area contributed by atoms with E-state index in [1.165, 1.54) is 24.5 Å². The monoisotopic (exact) mass is 423 g/mol. The van der Waals surface area contributed by atoms with Crippen molar-refractivity contribution in [3.8, 4) is 16.4 Å². The molecular weight excluding hydrogens is 419 g/mol. The van der Waals surface area contributed by atoms with Gasteiger partial charge in [0.1, 0.15) is 10.2 Å². The first-order valence-corrected chi connectivity index (χ1v) is 7.96. The lowest BCUT2D eigenvalue weighted by Gasteiger charge is -2.04. The average Bonchev–Trinajstić information content (AvgIpc) is 3.00. The van der Waals surface area contributed by atoms with Gasteiger partial charge < -0.3 is 5.73 Å². The van der Waals surface area contributed by atoms with Gasteiger partial charge in [-0.2, -0.15) is 23.0 Å². The Morgan fingerprint density at radius 3 is 2.43 bits per heavy atom. The molecule has 0 radical (unpaired) electrons. The molecule has 0 aliphatic heterocycles. The lowest BCUT2D eigenvalue weighted by atomic mass is 10.2. The van der Waals surface area contributed by atoms with Crippen LogP contribution < -0.4 is 5.73 Å². The highest BCUT2D eigenvalue weighted by molar-refractivity contribution is 9.10. The normalized spacial score (nSPS) is 11.9. The SMILES string of the molecule is Nc1c(-c2cc(Br)c(Cl)s2)c(C(F)(F)F)nn1-c1ncccn1. The zero-order chi connectivity index (χ0) is 16.8. The fourth-order valence-electron chi connectivity index (χ4n) is 1.90. The summed E-state index contributed by atoms with van der Waals surface area (Å²) in [4.78, 5) is 7.99. The summed E-state index contributed by atoms with van der Waals surface area (Å²) in [5, 5.41) is 3.56. The number of thiophene rings is 1. The number of nitrogen functional groups attached to an aromatic ring is 1. The second-order valence-corrected chi connectivity index (χ2v) is 6.81. The largest absolute Gasteiger partial charge is 0.435 e. The van der Waals surface area contributed by atoms with E-state index in [4.69, 9.17) is 17.3 Å². The fourth-order valence-corrected chi connectivity index (χ4v) is 3.65. The third-order valence-electron chi connectivity index (χ3n) is 2.82. The van der Waals surface area contributed by atoms with E-state index < -0.39 is 11.9 Å². The van der Waals surface area contributed by atoms with Crippen LogP contribution in [0.4, 0.5) is 19.0 Å². The molecule has 120 valence electrons. The van der Waals surface area contributed by atoms with Gasteiger partial charge in [0.05, 0.1) is 5.56 Å². The van der Waals surface area contributed by atoms with E-state index in [0.29, 0.717) is 8.81 Å². The van der Waals surface area contributed by atoms with Gasteiger partial charge in [0, 0.05) is 21.7 Å². The van der Waals surface area contributed by atoms with Gasteiger partial charge in [-0.05, 0) is 28.1 Å². The molecule has 3 rings (SSSR count). The fraction of sp³-hybridized carbons (Fsp3) is 0.0833. The van der Waals surface area contributed by atoms with Crippen LogP contribution in [0, 0.1) is 0 Å². The number of anilines is 1. The van der Waals surface area contributed by atoms with Crippen molar-refractivity contribution < 1.29 is 13.2 Å². The van der Waals surface area contributed by atoms with Crippen molar-refractivity contribution in [2.75, 3.05) is 5.73 Å². The number of nitrogens with zero attached hydrogens (tertiary/aromatic N) is 4. The highest BCUT2D eigenvalue weighted by Gasteiger charge is 2.40. The molecule has 0 saturated carbocycles. The molecule has 0 spiro atoms. The first kappa shape index (κ1) is 16.2. The third kappa shape index (κ3) is 2.93. The molecule has 5 nitrogen and oxygen atoms in total. The highest BCUT2D eigenvalue weighted by atomic mass is 79.9. The minimum Gasteiger partial charge on any atom is -0.383 e. The maximum Gasteiger partial charge on any atom is 0.435 e. The van der Waals surface area contributed by atoms with Crippen LogP contribution >= 0.6 is 38.9 Å². The summed E-state index contributed by atoms with van der Waals surface area (Å²) in [5.41, 5.74) is 4.53. The van der Waals surface area contributed by atoms with Crippen molar-refractivity contribution >= 4 is 44.7 Å². The average molecular weight is 425 g/mol. The van der Waals surface area contributed by atoms with Crippen LogP contribution in [-0.4, -0.2) is 19.7 Å². The predicted octanol–water partition coefficient (Wildman–Crippen LogP) is 4.41.